The Kier molecular flexibility index (Phi) is 9.01. The number of hydrogen-bond acceptors (Lipinski definition) is 5. The van der Waals surface area contributed by atoms with Crippen LogP contribution in [0.1, 0.15) is 42.4 Å². The summed E-state index contributed by atoms with van der Waals surface area (Å²) >= 11 is 5.44. The smallest absolute Gasteiger partial charge is 0.395 e. The number of nitriles is 1. The van der Waals surface area contributed by atoms with Crippen molar-refractivity contribution < 1.29 is 27.9 Å². The van der Waals surface area contributed by atoms with Crippen molar-refractivity contribution in [1.82, 2.24) is 5.32 Å². The van der Waals surface area contributed by atoms with Gasteiger partial charge in [0.2, 0.25) is 11.8 Å². The number of halogens is 3. The highest BCUT2D eigenvalue weighted by Crippen LogP contribution is 2.36. The van der Waals surface area contributed by atoms with E-state index >= 15 is 0 Å². The van der Waals surface area contributed by atoms with E-state index in [0.29, 0.717) is 24.9 Å². The topological polar surface area (TPSA) is 105 Å². The van der Waals surface area contributed by atoms with Gasteiger partial charge < -0.3 is 15.7 Å². The van der Waals surface area contributed by atoms with Crippen LogP contribution in [0.25, 0.3) is 0 Å². The van der Waals surface area contributed by atoms with E-state index < -0.39 is 23.2 Å². The highest BCUT2D eigenvalue weighted by atomic mass is 32.1. The molecule has 1 fully saturated rings. The summed E-state index contributed by atoms with van der Waals surface area (Å²) in [4.78, 5) is 25.9. The lowest BCUT2D eigenvalue weighted by molar-refractivity contribution is -0.137. The molecule has 0 aromatic heterocycles. The third-order valence-corrected chi connectivity index (χ3v) is 6.13. The minimum Gasteiger partial charge on any atom is -0.395 e. The largest absolute Gasteiger partial charge is 0.417 e. The second-order valence-electron chi connectivity index (χ2n) is 8.34. The summed E-state index contributed by atoms with van der Waals surface area (Å²) < 4.78 is 40.6. The molecule has 1 saturated carbocycles. The van der Waals surface area contributed by atoms with Crippen LogP contribution in [0.4, 0.5) is 24.5 Å². The standard InChI is InChI=1S/C25H25F3N4O3S/c26-25(27,28)21-14-20(10-7-18(21)15-29)32(23(35)17-2-1-3-17)24(36)31-19-8-4-16(5-9-19)6-11-22(34)30-12-13-33/h4-5,7-10,14,17,33H,1-3,6,11-13H2,(H,30,34)(H,31,36). The Morgan fingerprint density at radius 1 is 1.17 bits per heavy atom. The van der Waals surface area contributed by atoms with Gasteiger partial charge in [0.05, 0.1) is 29.5 Å². The highest BCUT2D eigenvalue weighted by molar-refractivity contribution is 7.80. The Balaban J connectivity index is 1.79. The average molecular weight is 519 g/mol. The summed E-state index contributed by atoms with van der Waals surface area (Å²) in [5.74, 6) is -0.922. The summed E-state index contributed by atoms with van der Waals surface area (Å²) in [6.45, 7) is 0.0607. The molecule has 0 radical (unpaired) electrons. The van der Waals surface area contributed by atoms with Crippen LogP contribution in [0.2, 0.25) is 0 Å². The number of nitrogens with one attached hydrogen (secondary N) is 2. The van der Waals surface area contributed by atoms with E-state index in [9.17, 15) is 22.8 Å². The van der Waals surface area contributed by atoms with Gasteiger partial charge in [-0.3, -0.25) is 14.5 Å². The molecule has 1 aliphatic rings. The van der Waals surface area contributed by atoms with Crippen LogP contribution in [0.3, 0.4) is 0 Å². The van der Waals surface area contributed by atoms with Crippen LogP contribution >= 0.6 is 12.2 Å². The molecule has 7 nitrogen and oxygen atoms in total. The van der Waals surface area contributed by atoms with Gasteiger partial charge >= 0.3 is 6.18 Å². The van der Waals surface area contributed by atoms with Crippen LogP contribution in [0, 0.1) is 17.2 Å². The number of carbonyl (C=O) groups is 2. The lowest BCUT2D eigenvalue weighted by Gasteiger charge is -2.32. The molecule has 36 heavy (non-hydrogen) atoms. The first kappa shape index (κ1) is 27.1. The minimum absolute atomic E-state index is 0.0683. The molecule has 2 aromatic carbocycles. The molecule has 0 spiro atoms. The van der Waals surface area contributed by atoms with Crippen molar-refractivity contribution in [2.24, 2.45) is 5.92 Å². The first-order valence-electron chi connectivity index (χ1n) is 11.4. The number of benzene rings is 2. The van der Waals surface area contributed by atoms with Crippen molar-refractivity contribution in [3.8, 4) is 6.07 Å². The zero-order valence-electron chi connectivity index (χ0n) is 19.3. The maximum Gasteiger partial charge on any atom is 0.417 e. The van der Waals surface area contributed by atoms with Crippen molar-refractivity contribution in [3.05, 3.63) is 59.2 Å². The molecule has 0 saturated heterocycles. The summed E-state index contributed by atoms with van der Waals surface area (Å²) in [6.07, 6.45) is -1.95. The number of aliphatic hydroxyl groups excluding tert-OH is 1. The predicted octanol–water partition coefficient (Wildman–Crippen LogP) is 4.15. The first-order chi connectivity index (χ1) is 17.1. The Morgan fingerprint density at radius 2 is 1.86 bits per heavy atom. The maximum atomic E-state index is 13.5. The van der Waals surface area contributed by atoms with Crippen molar-refractivity contribution in [2.75, 3.05) is 23.4 Å². The number of amides is 2. The molecule has 0 unspecified atom stereocenters. The predicted molar refractivity (Wildman–Crippen MR) is 132 cm³/mol. The third-order valence-electron chi connectivity index (χ3n) is 5.85. The van der Waals surface area contributed by atoms with E-state index in [-0.39, 0.29) is 42.2 Å². The van der Waals surface area contributed by atoms with Gasteiger partial charge in [0.25, 0.3) is 0 Å². The van der Waals surface area contributed by atoms with Gasteiger partial charge in [0.1, 0.15) is 0 Å². The Morgan fingerprint density at radius 3 is 2.42 bits per heavy atom. The molecule has 3 N–H and O–H groups in total. The Bertz CT molecular complexity index is 1160. The maximum absolute atomic E-state index is 13.5. The zero-order valence-corrected chi connectivity index (χ0v) is 20.1. The molecular weight excluding hydrogens is 493 g/mol. The van der Waals surface area contributed by atoms with Crippen LogP contribution in [0.15, 0.2) is 42.5 Å². The second-order valence-corrected chi connectivity index (χ2v) is 8.73. The molecule has 2 amide bonds. The van der Waals surface area contributed by atoms with E-state index in [2.05, 4.69) is 10.6 Å². The van der Waals surface area contributed by atoms with Gasteiger partial charge in [0, 0.05) is 24.6 Å². The molecule has 0 bridgehead atoms. The summed E-state index contributed by atoms with van der Waals surface area (Å²) in [5, 5.41) is 23.2. The third kappa shape index (κ3) is 6.80. The average Bonchev–Trinajstić information content (AvgIpc) is 2.80. The first-order valence-corrected chi connectivity index (χ1v) is 11.8. The number of carbonyl (C=O) groups excluding carboxylic acids is 2. The van der Waals surface area contributed by atoms with E-state index in [4.69, 9.17) is 22.6 Å². The summed E-state index contributed by atoms with van der Waals surface area (Å²) in [6, 6.07) is 11.6. The zero-order chi connectivity index (χ0) is 26.3. The molecule has 3 rings (SSSR count). The summed E-state index contributed by atoms with van der Waals surface area (Å²) in [5.41, 5.74) is -0.355. The quantitative estimate of drug-likeness (QED) is 0.454. The molecular formula is C25H25F3N4O3S. The monoisotopic (exact) mass is 518 g/mol. The molecule has 0 heterocycles. The van der Waals surface area contributed by atoms with Crippen LogP contribution in [-0.4, -0.2) is 35.2 Å². The van der Waals surface area contributed by atoms with E-state index in [0.717, 1.165) is 29.0 Å². The molecule has 0 aliphatic heterocycles. The number of thiocarbonyl (C=S) groups is 1. The fourth-order valence-electron chi connectivity index (χ4n) is 3.66. The summed E-state index contributed by atoms with van der Waals surface area (Å²) in [7, 11) is 0. The number of nitrogens with zero attached hydrogens (tertiary/aromatic N) is 2. The number of alkyl halides is 3. The van der Waals surface area contributed by atoms with Gasteiger partial charge in [-0.25, -0.2) is 0 Å². The number of aliphatic hydroxyl groups is 1. The highest BCUT2D eigenvalue weighted by Gasteiger charge is 2.37. The van der Waals surface area contributed by atoms with E-state index in [1.807, 2.05) is 0 Å². The molecule has 1 aliphatic carbocycles. The SMILES string of the molecule is N#Cc1ccc(N(C(=O)C2CCC2)C(=S)Nc2ccc(CCC(=O)NCCO)cc2)cc1C(F)(F)F. The van der Waals surface area contributed by atoms with Crippen molar-refractivity contribution in [3.63, 3.8) is 0 Å². The van der Waals surface area contributed by atoms with E-state index in [1.165, 1.54) is 12.1 Å². The van der Waals surface area contributed by atoms with Gasteiger partial charge in [-0.1, -0.05) is 18.6 Å². The number of hydrogen-bond donors (Lipinski definition) is 3. The van der Waals surface area contributed by atoms with Crippen LogP contribution < -0.4 is 15.5 Å². The minimum atomic E-state index is -4.77. The van der Waals surface area contributed by atoms with Crippen LogP contribution in [-0.2, 0) is 22.2 Å². The van der Waals surface area contributed by atoms with Crippen LogP contribution in [0.5, 0.6) is 0 Å². The number of aryl methyl sites for hydroxylation is 1. The van der Waals surface area contributed by atoms with Gasteiger partial charge in [-0.2, -0.15) is 18.4 Å². The lowest BCUT2D eigenvalue weighted by atomic mass is 9.84. The van der Waals surface area contributed by atoms with E-state index in [1.54, 1.807) is 24.3 Å². The molecule has 2 aromatic rings. The van der Waals surface area contributed by atoms with Crippen molar-refractivity contribution >= 4 is 40.5 Å². The van der Waals surface area contributed by atoms with Crippen molar-refractivity contribution in [2.45, 2.75) is 38.3 Å². The van der Waals surface area contributed by atoms with Crippen molar-refractivity contribution in [1.29, 1.82) is 5.26 Å². The fraction of sp³-hybridized carbons (Fsp3) is 0.360. The second kappa shape index (κ2) is 12.0. The Labute approximate surface area is 211 Å². The normalized spacial score (nSPS) is 13.3. The molecule has 11 heteroatoms. The molecule has 0 atom stereocenters. The van der Waals surface area contributed by atoms with Gasteiger partial charge in [0.15, 0.2) is 5.11 Å². The lowest BCUT2D eigenvalue weighted by Crippen LogP contribution is -2.45. The van der Waals surface area contributed by atoms with Gasteiger partial charge in [-0.15, -0.1) is 0 Å². The number of anilines is 2. The Hall–Kier alpha value is -3.49. The molecule has 190 valence electrons. The number of rotatable bonds is 8. The van der Waals surface area contributed by atoms with Gasteiger partial charge in [-0.05, 0) is 67.4 Å². The fourth-order valence-corrected chi connectivity index (χ4v) is 3.97.